The van der Waals surface area contributed by atoms with E-state index < -0.39 is 11.8 Å². The lowest BCUT2D eigenvalue weighted by Gasteiger charge is -1.97. The van der Waals surface area contributed by atoms with E-state index in [1.54, 1.807) is 23.8 Å². The maximum atomic E-state index is 10.9. The smallest absolute Gasteiger partial charge is 0.379 e. The molecule has 0 amide bonds. The van der Waals surface area contributed by atoms with Crippen LogP contribution in [0.3, 0.4) is 0 Å². The first-order chi connectivity index (χ1) is 5.74. The molecule has 64 valence electrons. The fraction of sp³-hybridized carbons (Fsp3) is 0.250. The van der Waals surface area contributed by atoms with E-state index >= 15 is 0 Å². The summed E-state index contributed by atoms with van der Waals surface area (Å²) in [6.45, 7) is 1.62. The molecule has 0 spiro atoms. The lowest BCUT2D eigenvalue weighted by molar-refractivity contribution is -0.146. The summed E-state index contributed by atoms with van der Waals surface area (Å²) < 4.78 is 4.73. The van der Waals surface area contributed by atoms with Gasteiger partial charge in [-0.05, 0) is 11.4 Å². The van der Waals surface area contributed by atoms with Crippen LogP contribution in [0.5, 0.6) is 5.75 Å². The SMILES string of the molecule is CCC(=O)C(=O)Oc1ccsc1. The van der Waals surface area contributed by atoms with Crippen LogP contribution in [0.4, 0.5) is 0 Å². The van der Waals surface area contributed by atoms with Crippen molar-refractivity contribution in [3.8, 4) is 5.75 Å². The second kappa shape index (κ2) is 4.01. The van der Waals surface area contributed by atoms with Crippen LogP contribution in [-0.4, -0.2) is 11.8 Å². The largest absolute Gasteiger partial charge is 0.420 e. The third-order valence-electron chi connectivity index (χ3n) is 1.25. The molecule has 0 saturated carbocycles. The standard InChI is InChI=1S/C8H8O3S/c1-2-7(9)8(10)11-6-3-4-12-5-6/h3-5H,2H2,1H3. The lowest BCUT2D eigenvalue weighted by Crippen LogP contribution is -2.18. The first-order valence-electron chi connectivity index (χ1n) is 3.51. The third kappa shape index (κ3) is 2.17. The van der Waals surface area contributed by atoms with Crippen molar-refractivity contribution >= 4 is 23.1 Å². The second-order valence-electron chi connectivity index (χ2n) is 2.13. The summed E-state index contributed by atoms with van der Waals surface area (Å²) in [5.41, 5.74) is 0. The van der Waals surface area contributed by atoms with Gasteiger partial charge in [0, 0.05) is 11.8 Å². The predicted octanol–water partition coefficient (Wildman–Crippen LogP) is 1.63. The normalized spacial score (nSPS) is 9.42. The van der Waals surface area contributed by atoms with E-state index in [0.717, 1.165) is 0 Å². The average molecular weight is 184 g/mol. The number of carbonyl (C=O) groups is 2. The third-order valence-corrected chi connectivity index (χ3v) is 1.92. The quantitative estimate of drug-likeness (QED) is 0.529. The van der Waals surface area contributed by atoms with E-state index in [0.29, 0.717) is 5.75 Å². The summed E-state index contributed by atoms with van der Waals surface area (Å²) in [5, 5.41) is 3.44. The van der Waals surface area contributed by atoms with Gasteiger partial charge in [0.1, 0.15) is 5.75 Å². The van der Waals surface area contributed by atoms with Crippen molar-refractivity contribution in [1.29, 1.82) is 0 Å². The molecule has 0 fully saturated rings. The molecule has 0 radical (unpaired) electrons. The van der Waals surface area contributed by atoms with Crippen LogP contribution in [0.1, 0.15) is 13.3 Å². The molecule has 0 aliphatic carbocycles. The first kappa shape index (κ1) is 8.93. The van der Waals surface area contributed by atoms with Gasteiger partial charge in [-0.1, -0.05) is 6.92 Å². The van der Waals surface area contributed by atoms with Gasteiger partial charge in [-0.3, -0.25) is 4.79 Å². The van der Waals surface area contributed by atoms with Crippen molar-refractivity contribution in [2.24, 2.45) is 0 Å². The van der Waals surface area contributed by atoms with Gasteiger partial charge in [0.05, 0.1) is 0 Å². The monoisotopic (exact) mass is 184 g/mol. The van der Waals surface area contributed by atoms with Crippen molar-refractivity contribution in [3.05, 3.63) is 16.8 Å². The van der Waals surface area contributed by atoms with E-state index in [-0.39, 0.29) is 6.42 Å². The zero-order chi connectivity index (χ0) is 8.97. The summed E-state index contributed by atoms with van der Waals surface area (Å²) in [7, 11) is 0. The Kier molecular flexibility index (Phi) is 2.99. The topological polar surface area (TPSA) is 43.4 Å². The van der Waals surface area contributed by atoms with Crippen molar-refractivity contribution in [2.75, 3.05) is 0 Å². The molecule has 0 atom stereocenters. The summed E-state index contributed by atoms with van der Waals surface area (Å²) >= 11 is 1.41. The maximum absolute atomic E-state index is 10.9. The molecule has 1 aromatic heterocycles. The van der Waals surface area contributed by atoms with Crippen LogP contribution in [-0.2, 0) is 9.59 Å². The number of ether oxygens (including phenoxy) is 1. The molecule has 0 aliphatic heterocycles. The van der Waals surface area contributed by atoms with E-state index in [4.69, 9.17) is 4.74 Å². The van der Waals surface area contributed by atoms with E-state index in [1.165, 1.54) is 11.3 Å². The fourth-order valence-corrected chi connectivity index (χ4v) is 1.17. The lowest BCUT2D eigenvalue weighted by atomic mass is 10.3. The Hall–Kier alpha value is -1.16. The van der Waals surface area contributed by atoms with Gasteiger partial charge < -0.3 is 4.74 Å². The van der Waals surface area contributed by atoms with Crippen molar-refractivity contribution < 1.29 is 14.3 Å². The number of rotatable bonds is 3. The minimum Gasteiger partial charge on any atom is -0.420 e. The highest BCUT2D eigenvalue weighted by Crippen LogP contribution is 2.14. The second-order valence-corrected chi connectivity index (χ2v) is 2.91. The molecular weight excluding hydrogens is 176 g/mol. The Labute approximate surface area is 74.0 Å². The number of Topliss-reactive ketones (excluding diaryl/α,β-unsaturated/α-hetero) is 1. The molecule has 0 saturated heterocycles. The van der Waals surface area contributed by atoms with Gasteiger partial charge >= 0.3 is 5.97 Å². The highest BCUT2D eigenvalue weighted by Gasteiger charge is 2.13. The van der Waals surface area contributed by atoms with Gasteiger partial charge in [0.2, 0.25) is 5.78 Å². The van der Waals surface area contributed by atoms with E-state index in [9.17, 15) is 9.59 Å². The summed E-state index contributed by atoms with van der Waals surface area (Å²) in [6.07, 6.45) is 0.184. The van der Waals surface area contributed by atoms with Crippen LogP contribution in [0.25, 0.3) is 0 Å². The predicted molar refractivity (Wildman–Crippen MR) is 45.3 cm³/mol. The molecule has 0 bridgehead atoms. The van der Waals surface area contributed by atoms with Crippen LogP contribution in [0.2, 0.25) is 0 Å². The van der Waals surface area contributed by atoms with Crippen LogP contribution >= 0.6 is 11.3 Å². The van der Waals surface area contributed by atoms with Gasteiger partial charge in [-0.2, -0.15) is 0 Å². The van der Waals surface area contributed by atoms with Crippen molar-refractivity contribution in [2.45, 2.75) is 13.3 Å². The van der Waals surface area contributed by atoms with Crippen molar-refractivity contribution in [3.63, 3.8) is 0 Å². The molecule has 3 nitrogen and oxygen atoms in total. The highest BCUT2D eigenvalue weighted by atomic mass is 32.1. The number of esters is 1. The van der Waals surface area contributed by atoms with Gasteiger partial charge in [-0.25, -0.2) is 4.79 Å². The maximum Gasteiger partial charge on any atom is 0.379 e. The van der Waals surface area contributed by atoms with Crippen molar-refractivity contribution in [1.82, 2.24) is 0 Å². The molecular formula is C8H8O3S. The number of ketones is 1. The van der Waals surface area contributed by atoms with Crippen LogP contribution < -0.4 is 4.74 Å². The van der Waals surface area contributed by atoms with Crippen LogP contribution in [0.15, 0.2) is 16.8 Å². The first-order valence-corrected chi connectivity index (χ1v) is 4.45. The zero-order valence-electron chi connectivity index (χ0n) is 6.57. The Balaban J connectivity index is 2.53. The molecule has 1 heterocycles. The molecule has 0 N–H and O–H groups in total. The zero-order valence-corrected chi connectivity index (χ0v) is 7.39. The number of hydrogen-bond acceptors (Lipinski definition) is 4. The summed E-state index contributed by atoms with van der Waals surface area (Å²) in [4.78, 5) is 21.6. The number of thiophene rings is 1. The molecule has 4 heteroatoms. The van der Waals surface area contributed by atoms with E-state index in [2.05, 4.69) is 0 Å². The molecule has 12 heavy (non-hydrogen) atoms. The Bertz CT molecular complexity index is 277. The van der Waals surface area contributed by atoms with Gasteiger partial charge in [0.25, 0.3) is 0 Å². The highest BCUT2D eigenvalue weighted by molar-refractivity contribution is 7.08. The molecule has 0 unspecified atom stereocenters. The minimum absolute atomic E-state index is 0.184. The molecule has 0 aromatic carbocycles. The Morgan fingerprint density at radius 3 is 2.83 bits per heavy atom. The Morgan fingerprint density at radius 2 is 2.33 bits per heavy atom. The minimum atomic E-state index is -0.782. The summed E-state index contributed by atoms with van der Waals surface area (Å²) in [5.74, 6) is -0.844. The number of hydrogen-bond donors (Lipinski definition) is 0. The average Bonchev–Trinajstić information content (AvgIpc) is 2.55. The molecule has 1 aromatic rings. The van der Waals surface area contributed by atoms with E-state index in [1.807, 2.05) is 0 Å². The van der Waals surface area contributed by atoms with Crippen LogP contribution in [0, 0.1) is 0 Å². The fourth-order valence-electron chi connectivity index (χ4n) is 0.618. The summed E-state index contributed by atoms with van der Waals surface area (Å²) in [6, 6.07) is 1.64. The van der Waals surface area contributed by atoms with Gasteiger partial charge in [0.15, 0.2) is 0 Å². The number of carbonyl (C=O) groups excluding carboxylic acids is 2. The van der Waals surface area contributed by atoms with Gasteiger partial charge in [-0.15, -0.1) is 11.3 Å². The molecule has 0 aliphatic rings. The Morgan fingerprint density at radius 1 is 1.58 bits per heavy atom. The molecule has 1 rings (SSSR count).